The quantitative estimate of drug-likeness (QED) is 0.494. The summed E-state index contributed by atoms with van der Waals surface area (Å²) < 4.78 is 7.11. The van der Waals surface area contributed by atoms with Gasteiger partial charge in [-0.2, -0.15) is 0 Å². The summed E-state index contributed by atoms with van der Waals surface area (Å²) in [6.45, 7) is 1.28. The lowest BCUT2D eigenvalue weighted by Crippen LogP contribution is -2.38. The highest BCUT2D eigenvalue weighted by molar-refractivity contribution is 5.91. The highest BCUT2D eigenvalue weighted by atomic mass is 16.6. The second-order valence-corrected chi connectivity index (χ2v) is 7.09. The summed E-state index contributed by atoms with van der Waals surface area (Å²) in [6, 6.07) is 15.2. The number of carbonyl (C=O) groups is 1. The lowest BCUT2D eigenvalue weighted by molar-refractivity contribution is -0.402. The van der Waals surface area contributed by atoms with Crippen LogP contribution in [0.4, 0.5) is 5.88 Å². The normalized spacial score (nSPS) is 14.9. The van der Waals surface area contributed by atoms with E-state index in [1.54, 1.807) is 4.90 Å². The lowest BCUT2D eigenvalue weighted by atomic mass is 9.90. The van der Waals surface area contributed by atoms with Crippen LogP contribution < -0.4 is 0 Å². The zero-order chi connectivity index (χ0) is 19.5. The van der Waals surface area contributed by atoms with E-state index in [1.165, 1.54) is 17.7 Å². The molecule has 1 aromatic carbocycles. The van der Waals surface area contributed by atoms with Crippen molar-refractivity contribution in [2.75, 3.05) is 13.1 Å². The molecule has 7 heteroatoms. The Labute approximate surface area is 162 Å². The van der Waals surface area contributed by atoms with Gasteiger partial charge in [0, 0.05) is 31.2 Å². The standard InChI is InChI=1S/C21H21N3O4/c25-21(19-7-8-20(28-19)24(26)27)23-13-9-17(10-14-23)15-16-3-5-18(6-4-16)22-11-1-2-12-22/h1-8,11-12,17H,9-10,13-15H2. The number of benzene rings is 1. The third kappa shape index (κ3) is 3.83. The third-order valence-electron chi connectivity index (χ3n) is 5.25. The van der Waals surface area contributed by atoms with Gasteiger partial charge in [0.1, 0.15) is 4.92 Å². The first-order valence-corrected chi connectivity index (χ1v) is 9.36. The van der Waals surface area contributed by atoms with Gasteiger partial charge in [0.2, 0.25) is 0 Å². The topological polar surface area (TPSA) is 81.5 Å². The molecule has 1 aliphatic rings. The van der Waals surface area contributed by atoms with Gasteiger partial charge in [-0.1, -0.05) is 12.1 Å². The Bertz CT molecular complexity index is 952. The van der Waals surface area contributed by atoms with Gasteiger partial charge in [-0.25, -0.2) is 0 Å². The number of rotatable bonds is 5. The van der Waals surface area contributed by atoms with Crippen molar-refractivity contribution in [3.8, 4) is 5.69 Å². The molecule has 1 saturated heterocycles. The third-order valence-corrected chi connectivity index (χ3v) is 5.25. The predicted octanol–water partition coefficient (Wildman–Crippen LogP) is 4.07. The van der Waals surface area contributed by atoms with Crippen LogP contribution in [0.25, 0.3) is 5.69 Å². The first-order valence-electron chi connectivity index (χ1n) is 9.36. The minimum absolute atomic E-state index is 0.0331. The molecule has 0 spiro atoms. The van der Waals surface area contributed by atoms with Crippen LogP contribution in [0.3, 0.4) is 0 Å². The van der Waals surface area contributed by atoms with Crippen LogP contribution in [-0.2, 0) is 6.42 Å². The Kier molecular flexibility index (Phi) is 4.97. The second-order valence-electron chi connectivity index (χ2n) is 7.09. The number of aromatic nitrogens is 1. The van der Waals surface area contributed by atoms with Crippen LogP contribution in [0.15, 0.2) is 65.3 Å². The predicted molar refractivity (Wildman–Crippen MR) is 103 cm³/mol. The van der Waals surface area contributed by atoms with Gasteiger partial charge in [-0.05, 0) is 61.1 Å². The number of piperidine rings is 1. The molecule has 1 fully saturated rings. The van der Waals surface area contributed by atoms with Gasteiger partial charge in [-0.3, -0.25) is 14.9 Å². The van der Waals surface area contributed by atoms with Crippen LogP contribution in [-0.4, -0.2) is 33.4 Å². The molecule has 0 bridgehead atoms. The Morgan fingerprint density at radius 3 is 2.36 bits per heavy atom. The summed E-state index contributed by atoms with van der Waals surface area (Å²) >= 11 is 0. The van der Waals surface area contributed by atoms with Crippen LogP contribution in [0, 0.1) is 16.0 Å². The Hall–Kier alpha value is -3.35. The molecule has 2 aromatic heterocycles. The maximum atomic E-state index is 12.5. The first-order chi connectivity index (χ1) is 13.6. The van der Waals surface area contributed by atoms with Crippen LogP contribution in [0.2, 0.25) is 0 Å². The Morgan fingerprint density at radius 2 is 1.75 bits per heavy atom. The number of amides is 1. The fraction of sp³-hybridized carbons (Fsp3) is 0.286. The van der Waals surface area contributed by atoms with Crippen molar-refractivity contribution in [1.82, 2.24) is 9.47 Å². The molecule has 0 unspecified atom stereocenters. The maximum Gasteiger partial charge on any atom is 0.433 e. The van der Waals surface area contributed by atoms with Crippen molar-refractivity contribution in [3.05, 3.63) is 82.4 Å². The molecule has 1 aliphatic heterocycles. The average molecular weight is 379 g/mol. The van der Waals surface area contributed by atoms with Gasteiger partial charge >= 0.3 is 5.88 Å². The van der Waals surface area contributed by atoms with Crippen LogP contribution in [0.1, 0.15) is 29.0 Å². The molecule has 3 heterocycles. The number of hydrogen-bond donors (Lipinski definition) is 0. The van der Waals surface area contributed by atoms with Gasteiger partial charge in [0.05, 0.1) is 6.07 Å². The number of nitro groups is 1. The van der Waals surface area contributed by atoms with E-state index < -0.39 is 10.8 Å². The SMILES string of the molecule is O=C(c1ccc([N+](=O)[O-])o1)N1CCC(Cc2ccc(-n3cccc3)cc2)CC1. The van der Waals surface area contributed by atoms with E-state index in [0.29, 0.717) is 19.0 Å². The number of hydrogen-bond acceptors (Lipinski definition) is 4. The molecule has 3 aromatic rings. The van der Waals surface area contributed by atoms with Crippen molar-refractivity contribution < 1.29 is 14.1 Å². The first kappa shape index (κ1) is 18.0. The van der Waals surface area contributed by atoms with E-state index in [2.05, 4.69) is 28.8 Å². The molecule has 0 aliphatic carbocycles. The fourth-order valence-electron chi connectivity index (χ4n) is 3.68. The monoisotopic (exact) mass is 379 g/mol. The Morgan fingerprint density at radius 1 is 1.07 bits per heavy atom. The zero-order valence-corrected chi connectivity index (χ0v) is 15.4. The molecular formula is C21H21N3O4. The van der Waals surface area contributed by atoms with Crippen molar-refractivity contribution in [2.45, 2.75) is 19.3 Å². The number of carbonyl (C=O) groups excluding carboxylic acids is 1. The zero-order valence-electron chi connectivity index (χ0n) is 15.4. The molecule has 28 heavy (non-hydrogen) atoms. The molecule has 1 amide bonds. The van der Waals surface area contributed by atoms with E-state index in [0.717, 1.165) is 24.9 Å². The number of nitrogens with zero attached hydrogens (tertiary/aromatic N) is 3. The van der Waals surface area contributed by atoms with Gasteiger partial charge in [0.15, 0.2) is 5.76 Å². The van der Waals surface area contributed by atoms with E-state index in [9.17, 15) is 14.9 Å². The summed E-state index contributed by atoms with van der Waals surface area (Å²) in [5.41, 5.74) is 2.43. The molecular weight excluding hydrogens is 358 g/mol. The summed E-state index contributed by atoms with van der Waals surface area (Å²) in [6.07, 6.45) is 6.85. The molecule has 0 saturated carbocycles. The smallest absolute Gasteiger partial charge is 0.395 e. The largest absolute Gasteiger partial charge is 0.433 e. The summed E-state index contributed by atoms with van der Waals surface area (Å²) in [5, 5.41) is 10.7. The molecule has 0 radical (unpaired) electrons. The van der Waals surface area contributed by atoms with Gasteiger partial charge in [-0.15, -0.1) is 0 Å². The van der Waals surface area contributed by atoms with E-state index in [1.807, 2.05) is 24.5 Å². The fourth-order valence-corrected chi connectivity index (χ4v) is 3.68. The minimum atomic E-state index is -0.634. The second kappa shape index (κ2) is 7.72. The van der Waals surface area contributed by atoms with E-state index in [4.69, 9.17) is 4.42 Å². The summed E-state index contributed by atoms with van der Waals surface area (Å²) in [5.74, 6) is -0.123. The highest BCUT2D eigenvalue weighted by Gasteiger charge is 2.27. The van der Waals surface area contributed by atoms with Gasteiger partial charge < -0.3 is 13.9 Å². The highest BCUT2D eigenvalue weighted by Crippen LogP contribution is 2.25. The molecule has 0 N–H and O–H groups in total. The molecule has 0 atom stereocenters. The summed E-state index contributed by atoms with van der Waals surface area (Å²) in [4.78, 5) is 24.2. The van der Waals surface area contributed by atoms with Crippen molar-refractivity contribution in [3.63, 3.8) is 0 Å². The lowest BCUT2D eigenvalue weighted by Gasteiger charge is -2.31. The van der Waals surface area contributed by atoms with Crippen LogP contribution in [0.5, 0.6) is 0 Å². The average Bonchev–Trinajstić information content (AvgIpc) is 3.41. The van der Waals surface area contributed by atoms with E-state index in [-0.39, 0.29) is 11.7 Å². The van der Waals surface area contributed by atoms with Crippen molar-refractivity contribution >= 4 is 11.8 Å². The molecule has 144 valence electrons. The van der Waals surface area contributed by atoms with Crippen molar-refractivity contribution in [1.29, 1.82) is 0 Å². The number of furan rings is 1. The van der Waals surface area contributed by atoms with Crippen molar-refractivity contribution in [2.24, 2.45) is 5.92 Å². The molecule has 7 nitrogen and oxygen atoms in total. The maximum absolute atomic E-state index is 12.5. The van der Waals surface area contributed by atoms with Gasteiger partial charge in [0.25, 0.3) is 5.91 Å². The number of likely N-dealkylation sites (tertiary alicyclic amines) is 1. The molecule has 4 rings (SSSR count). The van der Waals surface area contributed by atoms with E-state index >= 15 is 0 Å². The Balaban J connectivity index is 1.31. The minimum Gasteiger partial charge on any atom is -0.395 e. The summed E-state index contributed by atoms with van der Waals surface area (Å²) in [7, 11) is 0. The van der Waals surface area contributed by atoms with Crippen LogP contribution >= 0.6 is 0 Å².